The van der Waals surface area contributed by atoms with Crippen LogP contribution in [0, 0.1) is 5.82 Å². The number of rotatable bonds is 5. The van der Waals surface area contributed by atoms with Crippen molar-refractivity contribution in [3.05, 3.63) is 58.3 Å². The molecule has 0 atom stereocenters. The summed E-state index contributed by atoms with van der Waals surface area (Å²) in [6, 6.07) is 10.2. The molecule has 0 saturated heterocycles. The second-order valence-corrected chi connectivity index (χ2v) is 7.23. The minimum Gasteiger partial charge on any atom is -0.278 e. The summed E-state index contributed by atoms with van der Waals surface area (Å²) < 4.78 is 40.5. The minimum atomic E-state index is -3.76. The third-order valence-electron chi connectivity index (χ3n) is 2.79. The normalized spacial score (nSPS) is 11.4. The van der Waals surface area contributed by atoms with Gasteiger partial charge in [-0.15, -0.1) is 11.6 Å². The fourth-order valence-corrected chi connectivity index (χ4v) is 3.49. The van der Waals surface area contributed by atoms with Gasteiger partial charge in [0.25, 0.3) is 10.0 Å². The summed E-state index contributed by atoms with van der Waals surface area (Å²) in [5, 5.41) is 0. The molecule has 0 aromatic heterocycles. The van der Waals surface area contributed by atoms with Gasteiger partial charge in [-0.2, -0.15) is 0 Å². The predicted octanol–water partition coefficient (Wildman–Crippen LogP) is 4.17. The maximum Gasteiger partial charge on any atom is 0.261 e. The van der Waals surface area contributed by atoms with Crippen LogP contribution in [0.15, 0.2) is 51.8 Å². The molecule has 2 rings (SSSR count). The van der Waals surface area contributed by atoms with E-state index in [2.05, 4.69) is 20.7 Å². The Morgan fingerprint density at radius 2 is 1.81 bits per heavy atom. The van der Waals surface area contributed by atoms with E-state index in [1.165, 1.54) is 24.3 Å². The third-order valence-corrected chi connectivity index (χ3v) is 5.05. The molecule has 1 N–H and O–H groups in total. The third kappa shape index (κ3) is 4.18. The van der Waals surface area contributed by atoms with Gasteiger partial charge < -0.3 is 0 Å². The van der Waals surface area contributed by atoms with Crippen molar-refractivity contribution in [3.63, 3.8) is 0 Å². The second-order valence-electron chi connectivity index (χ2n) is 4.31. The molecular formula is C14H12BrClFNO2S. The lowest BCUT2D eigenvalue weighted by Crippen LogP contribution is -2.13. The summed E-state index contributed by atoms with van der Waals surface area (Å²) in [6.45, 7) is 0. The molecule has 3 nitrogen and oxygen atoms in total. The SMILES string of the molecule is O=S(=O)(Nc1cc(F)ccc1Br)c1ccc(CCCl)cc1. The van der Waals surface area contributed by atoms with Gasteiger partial charge in [-0.25, -0.2) is 12.8 Å². The first-order valence-corrected chi connectivity index (χ1v) is 8.86. The van der Waals surface area contributed by atoms with E-state index < -0.39 is 15.8 Å². The van der Waals surface area contributed by atoms with Crippen LogP contribution in [0.4, 0.5) is 10.1 Å². The number of aryl methyl sites for hydroxylation is 1. The van der Waals surface area contributed by atoms with Gasteiger partial charge in [0.05, 0.1) is 10.6 Å². The van der Waals surface area contributed by atoms with Gasteiger partial charge in [-0.3, -0.25) is 4.72 Å². The Hall–Kier alpha value is -1.11. The summed E-state index contributed by atoms with van der Waals surface area (Å²) in [5.74, 6) is -0.0472. The molecule has 0 unspecified atom stereocenters. The van der Waals surface area contributed by atoms with Crippen molar-refractivity contribution in [2.45, 2.75) is 11.3 Å². The lowest BCUT2D eigenvalue weighted by Gasteiger charge is -2.10. The average Bonchev–Trinajstić information content (AvgIpc) is 2.44. The molecule has 0 aliphatic rings. The second kappa shape index (κ2) is 6.77. The first kappa shape index (κ1) is 16.3. The zero-order valence-corrected chi connectivity index (χ0v) is 14.0. The fraction of sp³-hybridized carbons (Fsp3) is 0.143. The van der Waals surface area contributed by atoms with Crippen LogP contribution in [0.5, 0.6) is 0 Å². The molecule has 21 heavy (non-hydrogen) atoms. The highest BCUT2D eigenvalue weighted by Crippen LogP contribution is 2.26. The van der Waals surface area contributed by atoms with E-state index in [9.17, 15) is 12.8 Å². The van der Waals surface area contributed by atoms with Crippen molar-refractivity contribution in [1.29, 1.82) is 0 Å². The molecule has 112 valence electrons. The lowest BCUT2D eigenvalue weighted by atomic mass is 10.2. The van der Waals surface area contributed by atoms with Crippen LogP contribution in [0.25, 0.3) is 0 Å². The number of hydrogen-bond donors (Lipinski definition) is 1. The van der Waals surface area contributed by atoms with Crippen molar-refractivity contribution in [3.8, 4) is 0 Å². The fourth-order valence-electron chi connectivity index (χ4n) is 1.72. The molecular weight excluding hydrogens is 381 g/mol. The first-order chi connectivity index (χ1) is 9.92. The standard InChI is InChI=1S/C14H12BrClFNO2S/c15-13-6-3-11(17)9-14(13)18-21(19,20)12-4-1-10(2-5-12)7-8-16/h1-6,9,18H,7-8H2. The van der Waals surface area contributed by atoms with Crippen LogP contribution in [0.1, 0.15) is 5.56 Å². The van der Waals surface area contributed by atoms with E-state index in [4.69, 9.17) is 11.6 Å². The van der Waals surface area contributed by atoms with Gasteiger partial charge in [-0.1, -0.05) is 12.1 Å². The number of hydrogen-bond acceptors (Lipinski definition) is 2. The Morgan fingerprint density at radius 3 is 2.43 bits per heavy atom. The monoisotopic (exact) mass is 391 g/mol. The van der Waals surface area contributed by atoms with Gasteiger partial charge in [-0.05, 0) is 58.2 Å². The maximum absolute atomic E-state index is 13.2. The number of halogens is 3. The maximum atomic E-state index is 13.2. The molecule has 0 heterocycles. The molecule has 0 bridgehead atoms. The molecule has 0 spiro atoms. The molecule has 0 aliphatic heterocycles. The van der Waals surface area contributed by atoms with Crippen LogP contribution in [0.2, 0.25) is 0 Å². The number of benzene rings is 2. The topological polar surface area (TPSA) is 46.2 Å². The molecule has 2 aromatic rings. The van der Waals surface area contributed by atoms with Crippen LogP contribution >= 0.6 is 27.5 Å². The Balaban J connectivity index is 2.27. The highest BCUT2D eigenvalue weighted by atomic mass is 79.9. The number of sulfonamides is 1. The summed E-state index contributed by atoms with van der Waals surface area (Å²) in [7, 11) is -3.76. The largest absolute Gasteiger partial charge is 0.278 e. The van der Waals surface area contributed by atoms with Crippen LogP contribution in [-0.2, 0) is 16.4 Å². The Morgan fingerprint density at radius 1 is 1.14 bits per heavy atom. The Kier molecular flexibility index (Phi) is 5.24. The molecule has 7 heteroatoms. The van der Waals surface area contributed by atoms with E-state index in [0.717, 1.165) is 11.6 Å². The summed E-state index contributed by atoms with van der Waals surface area (Å²) in [4.78, 5) is 0.108. The van der Waals surface area contributed by atoms with Gasteiger partial charge in [0, 0.05) is 10.4 Å². The Bertz CT molecular complexity index is 735. The summed E-state index contributed by atoms with van der Waals surface area (Å²) in [6.07, 6.45) is 0.671. The van der Waals surface area contributed by atoms with Crippen molar-refractivity contribution < 1.29 is 12.8 Å². The zero-order valence-electron chi connectivity index (χ0n) is 10.8. The van der Waals surface area contributed by atoms with Crippen molar-refractivity contribution >= 4 is 43.2 Å². The van der Waals surface area contributed by atoms with Crippen molar-refractivity contribution in [2.24, 2.45) is 0 Å². The van der Waals surface area contributed by atoms with E-state index in [1.807, 2.05) is 0 Å². The molecule has 0 radical (unpaired) electrons. The van der Waals surface area contributed by atoms with Crippen LogP contribution in [-0.4, -0.2) is 14.3 Å². The van der Waals surface area contributed by atoms with Crippen molar-refractivity contribution in [2.75, 3.05) is 10.6 Å². The molecule has 2 aromatic carbocycles. The van der Waals surface area contributed by atoms with Gasteiger partial charge in [0.15, 0.2) is 0 Å². The van der Waals surface area contributed by atoms with Gasteiger partial charge >= 0.3 is 0 Å². The van der Waals surface area contributed by atoms with E-state index >= 15 is 0 Å². The number of alkyl halides is 1. The quantitative estimate of drug-likeness (QED) is 0.776. The summed E-state index contributed by atoms with van der Waals surface area (Å²) >= 11 is 8.81. The molecule has 0 aliphatic carbocycles. The molecule has 0 saturated carbocycles. The van der Waals surface area contributed by atoms with E-state index in [1.54, 1.807) is 12.1 Å². The van der Waals surface area contributed by atoms with E-state index in [-0.39, 0.29) is 10.6 Å². The van der Waals surface area contributed by atoms with Crippen LogP contribution < -0.4 is 4.72 Å². The van der Waals surface area contributed by atoms with Crippen molar-refractivity contribution in [1.82, 2.24) is 0 Å². The highest BCUT2D eigenvalue weighted by molar-refractivity contribution is 9.10. The zero-order chi connectivity index (χ0) is 15.5. The first-order valence-electron chi connectivity index (χ1n) is 6.05. The smallest absolute Gasteiger partial charge is 0.261 e. The molecule has 0 amide bonds. The van der Waals surface area contributed by atoms with Gasteiger partial charge in [0.1, 0.15) is 5.82 Å². The highest BCUT2D eigenvalue weighted by Gasteiger charge is 2.16. The molecule has 0 fully saturated rings. The number of nitrogens with one attached hydrogen (secondary N) is 1. The lowest BCUT2D eigenvalue weighted by molar-refractivity contribution is 0.601. The number of anilines is 1. The van der Waals surface area contributed by atoms with E-state index in [0.29, 0.717) is 16.8 Å². The Labute approximate surface area is 136 Å². The predicted molar refractivity (Wildman–Crippen MR) is 85.8 cm³/mol. The average molecular weight is 393 g/mol. The summed E-state index contributed by atoms with van der Waals surface area (Å²) in [5.41, 5.74) is 1.11. The van der Waals surface area contributed by atoms with Gasteiger partial charge in [0.2, 0.25) is 0 Å². The van der Waals surface area contributed by atoms with Crippen LogP contribution in [0.3, 0.4) is 0 Å². The minimum absolute atomic E-state index is 0.108.